The molecule has 1 N–H and O–H groups in total. The van der Waals surface area contributed by atoms with E-state index in [-0.39, 0.29) is 0 Å². The van der Waals surface area contributed by atoms with Crippen molar-refractivity contribution in [1.82, 2.24) is 15.2 Å². The zero-order valence-electron chi connectivity index (χ0n) is 12.1. The normalized spacial score (nSPS) is 17.6. The molecule has 19 heavy (non-hydrogen) atoms. The molecule has 0 unspecified atom stereocenters. The standard InChI is InChI=1S/C15H25N3O/c1-3-9-16-13-7-10-18(11-8-13)12-14-5-4-6-15(17-14)19-2/h4-6,13,16H,3,7-12H2,1-2H3. The monoisotopic (exact) mass is 263 g/mol. The van der Waals surface area contributed by atoms with Gasteiger partial charge < -0.3 is 10.1 Å². The van der Waals surface area contributed by atoms with E-state index in [1.807, 2.05) is 12.1 Å². The number of pyridine rings is 1. The van der Waals surface area contributed by atoms with E-state index in [1.54, 1.807) is 7.11 Å². The first-order valence-corrected chi connectivity index (χ1v) is 7.27. The summed E-state index contributed by atoms with van der Waals surface area (Å²) in [5.74, 6) is 0.706. The third-order valence-corrected chi connectivity index (χ3v) is 3.65. The molecule has 2 rings (SSSR count). The van der Waals surface area contributed by atoms with Gasteiger partial charge in [-0.2, -0.15) is 0 Å². The van der Waals surface area contributed by atoms with E-state index in [9.17, 15) is 0 Å². The average Bonchev–Trinajstić information content (AvgIpc) is 2.47. The lowest BCUT2D eigenvalue weighted by Crippen LogP contribution is -2.42. The predicted molar refractivity (Wildman–Crippen MR) is 77.4 cm³/mol. The number of hydrogen-bond acceptors (Lipinski definition) is 4. The molecule has 0 atom stereocenters. The van der Waals surface area contributed by atoms with Gasteiger partial charge in [-0.05, 0) is 31.9 Å². The third-order valence-electron chi connectivity index (χ3n) is 3.65. The lowest BCUT2D eigenvalue weighted by Gasteiger charge is -2.32. The van der Waals surface area contributed by atoms with E-state index >= 15 is 0 Å². The Morgan fingerprint density at radius 3 is 2.84 bits per heavy atom. The number of methoxy groups -OCH3 is 1. The van der Waals surface area contributed by atoms with Crippen LogP contribution in [0.3, 0.4) is 0 Å². The van der Waals surface area contributed by atoms with Crippen LogP contribution in [0, 0.1) is 0 Å². The lowest BCUT2D eigenvalue weighted by molar-refractivity contribution is 0.188. The molecule has 1 aromatic rings. The highest BCUT2D eigenvalue weighted by Gasteiger charge is 2.18. The van der Waals surface area contributed by atoms with E-state index < -0.39 is 0 Å². The van der Waals surface area contributed by atoms with Crippen molar-refractivity contribution >= 4 is 0 Å². The molecule has 0 saturated carbocycles. The predicted octanol–water partition coefficient (Wildman–Crippen LogP) is 2.05. The molecular weight excluding hydrogens is 238 g/mol. The number of aromatic nitrogens is 1. The van der Waals surface area contributed by atoms with Crippen LogP contribution in [0.4, 0.5) is 0 Å². The maximum absolute atomic E-state index is 5.17. The SMILES string of the molecule is CCCNC1CCN(Cc2cccc(OC)n2)CC1. The van der Waals surface area contributed by atoms with E-state index in [4.69, 9.17) is 4.74 Å². The Morgan fingerprint density at radius 1 is 1.37 bits per heavy atom. The zero-order chi connectivity index (χ0) is 13.5. The summed E-state index contributed by atoms with van der Waals surface area (Å²) >= 11 is 0. The molecule has 0 spiro atoms. The van der Waals surface area contributed by atoms with Gasteiger partial charge in [0.1, 0.15) is 0 Å². The molecule has 0 amide bonds. The van der Waals surface area contributed by atoms with Gasteiger partial charge in [0.05, 0.1) is 12.8 Å². The molecule has 0 radical (unpaired) electrons. The van der Waals surface area contributed by atoms with Gasteiger partial charge in [0.15, 0.2) is 0 Å². The first kappa shape index (κ1) is 14.3. The summed E-state index contributed by atoms with van der Waals surface area (Å²) in [5.41, 5.74) is 1.10. The van der Waals surface area contributed by atoms with Crippen LogP contribution in [0.25, 0.3) is 0 Å². The van der Waals surface area contributed by atoms with Crippen LogP contribution in [-0.4, -0.2) is 42.7 Å². The number of rotatable bonds is 6. The molecule has 1 aromatic heterocycles. The fourth-order valence-electron chi connectivity index (χ4n) is 2.53. The maximum atomic E-state index is 5.17. The molecule has 0 bridgehead atoms. The summed E-state index contributed by atoms with van der Waals surface area (Å²) in [5, 5.41) is 3.61. The Morgan fingerprint density at radius 2 is 2.16 bits per heavy atom. The van der Waals surface area contributed by atoms with Crippen molar-refractivity contribution in [2.45, 2.75) is 38.8 Å². The highest BCUT2D eigenvalue weighted by Crippen LogP contribution is 2.14. The molecule has 0 aliphatic carbocycles. The summed E-state index contributed by atoms with van der Waals surface area (Å²) in [7, 11) is 1.66. The summed E-state index contributed by atoms with van der Waals surface area (Å²) in [6.45, 7) is 6.59. The molecule has 2 heterocycles. The van der Waals surface area contributed by atoms with E-state index in [0.717, 1.165) is 31.9 Å². The number of likely N-dealkylation sites (tertiary alicyclic amines) is 1. The maximum Gasteiger partial charge on any atom is 0.213 e. The lowest BCUT2D eigenvalue weighted by atomic mass is 10.0. The Labute approximate surface area is 116 Å². The second-order valence-electron chi connectivity index (χ2n) is 5.18. The molecule has 0 aromatic carbocycles. The van der Waals surface area contributed by atoms with Crippen LogP contribution in [-0.2, 0) is 6.54 Å². The van der Waals surface area contributed by atoms with Crippen LogP contribution in [0.15, 0.2) is 18.2 Å². The van der Waals surface area contributed by atoms with Gasteiger partial charge in [0, 0.05) is 31.7 Å². The molecule has 1 aliphatic rings. The molecule has 106 valence electrons. The van der Waals surface area contributed by atoms with Crippen LogP contribution >= 0.6 is 0 Å². The molecule has 1 fully saturated rings. The van der Waals surface area contributed by atoms with Crippen LogP contribution in [0.1, 0.15) is 31.9 Å². The first-order chi connectivity index (χ1) is 9.31. The molecule has 4 heteroatoms. The van der Waals surface area contributed by atoms with Crippen molar-refractivity contribution in [1.29, 1.82) is 0 Å². The summed E-state index contributed by atoms with van der Waals surface area (Å²) in [6.07, 6.45) is 3.70. The zero-order valence-corrected chi connectivity index (χ0v) is 12.1. The minimum absolute atomic E-state index is 0.703. The average molecular weight is 263 g/mol. The summed E-state index contributed by atoms with van der Waals surface area (Å²) in [6, 6.07) is 6.68. The van der Waals surface area contributed by atoms with Gasteiger partial charge in [0.25, 0.3) is 0 Å². The van der Waals surface area contributed by atoms with Crippen LogP contribution in [0.2, 0.25) is 0 Å². The molecule has 1 saturated heterocycles. The van der Waals surface area contributed by atoms with Crippen LogP contribution in [0.5, 0.6) is 5.88 Å². The van der Waals surface area contributed by atoms with Crippen molar-refractivity contribution < 1.29 is 4.74 Å². The van der Waals surface area contributed by atoms with Crippen molar-refractivity contribution in [2.24, 2.45) is 0 Å². The van der Waals surface area contributed by atoms with Gasteiger partial charge in [-0.25, -0.2) is 4.98 Å². The Bertz CT molecular complexity index is 375. The fourth-order valence-corrected chi connectivity index (χ4v) is 2.53. The minimum atomic E-state index is 0.703. The first-order valence-electron chi connectivity index (χ1n) is 7.27. The van der Waals surface area contributed by atoms with Crippen molar-refractivity contribution in [3.05, 3.63) is 23.9 Å². The third kappa shape index (κ3) is 4.48. The van der Waals surface area contributed by atoms with E-state index in [0.29, 0.717) is 11.9 Å². The van der Waals surface area contributed by atoms with E-state index in [2.05, 4.69) is 28.2 Å². The smallest absolute Gasteiger partial charge is 0.213 e. The Kier molecular flexibility index (Phi) is 5.61. The fraction of sp³-hybridized carbons (Fsp3) is 0.667. The van der Waals surface area contributed by atoms with Gasteiger partial charge in [0.2, 0.25) is 5.88 Å². The van der Waals surface area contributed by atoms with Crippen molar-refractivity contribution in [3.63, 3.8) is 0 Å². The highest BCUT2D eigenvalue weighted by molar-refractivity contribution is 5.15. The van der Waals surface area contributed by atoms with Gasteiger partial charge >= 0.3 is 0 Å². The molecule has 4 nitrogen and oxygen atoms in total. The Hall–Kier alpha value is -1.13. The number of ether oxygens (including phenoxy) is 1. The van der Waals surface area contributed by atoms with Crippen molar-refractivity contribution in [2.75, 3.05) is 26.7 Å². The summed E-state index contributed by atoms with van der Waals surface area (Å²) in [4.78, 5) is 6.95. The number of piperidine rings is 1. The van der Waals surface area contributed by atoms with Gasteiger partial charge in [-0.1, -0.05) is 13.0 Å². The topological polar surface area (TPSA) is 37.4 Å². The van der Waals surface area contributed by atoms with Crippen molar-refractivity contribution in [3.8, 4) is 5.88 Å². The molecular formula is C15H25N3O. The van der Waals surface area contributed by atoms with Crippen LogP contribution < -0.4 is 10.1 Å². The number of nitrogens with zero attached hydrogens (tertiary/aromatic N) is 2. The quantitative estimate of drug-likeness (QED) is 0.852. The van der Waals surface area contributed by atoms with E-state index in [1.165, 1.54) is 19.3 Å². The molecule has 1 aliphatic heterocycles. The minimum Gasteiger partial charge on any atom is -0.481 e. The highest BCUT2D eigenvalue weighted by atomic mass is 16.5. The van der Waals surface area contributed by atoms with Gasteiger partial charge in [-0.3, -0.25) is 4.90 Å². The number of nitrogens with one attached hydrogen (secondary N) is 1. The van der Waals surface area contributed by atoms with Gasteiger partial charge in [-0.15, -0.1) is 0 Å². The largest absolute Gasteiger partial charge is 0.481 e. The summed E-state index contributed by atoms with van der Waals surface area (Å²) < 4.78 is 5.17. The second-order valence-corrected chi connectivity index (χ2v) is 5.18. The Balaban J connectivity index is 1.78. The second kappa shape index (κ2) is 7.46. The number of hydrogen-bond donors (Lipinski definition) is 1.